The molecule has 1 aromatic carbocycles. The van der Waals surface area contributed by atoms with Crippen LogP contribution in [-0.4, -0.2) is 69.4 Å². The molecule has 124 valence electrons. The maximum Gasteiger partial charge on any atom is 0.167 e. The summed E-state index contributed by atoms with van der Waals surface area (Å²) < 4.78 is 24.1. The van der Waals surface area contributed by atoms with Crippen molar-refractivity contribution in [2.24, 2.45) is 0 Å². The van der Waals surface area contributed by atoms with Crippen molar-refractivity contribution in [3.63, 3.8) is 0 Å². The lowest BCUT2D eigenvalue weighted by atomic mass is 10.3. The van der Waals surface area contributed by atoms with Gasteiger partial charge < -0.3 is 20.1 Å². The van der Waals surface area contributed by atoms with Gasteiger partial charge in [-0.05, 0) is 18.6 Å². The number of halogens is 1. The van der Waals surface area contributed by atoms with Crippen LogP contribution in [0.3, 0.4) is 0 Å². The zero-order valence-electron chi connectivity index (χ0n) is 13.3. The minimum Gasteiger partial charge on any atom is -0.490 e. The van der Waals surface area contributed by atoms with Gasteiger partial charge in [-0.1, -0.05) is 0 Å². The number of hydrogen-bond donors (Lipinski definition) is 1. The molecule has 0 bridgehead atoms. The van der Waals surface area contributed by atoms with Gasteiger partial charge in [0.25, 0.3) is 0 Å². The highest BCUT2D eigenvalue weighted by molar-refractivity contribution is 5.42. The lowest BCUT2D eigenvalue weighted by molar-refractivity contribution is 0.0940. The van der Waals surface area contributed by atoms with Crippen LogP contribution >= 0.6 is 0 Å². The summed E-state index contributed by atoms with van der Waals surface area (Å²) in [4.78, 5) is 4.84. The normalized spacial score (nSPS) is 16.8. The van der Waals surface area contributed by atoms with E-state index < -0.39 is 5.82 Å². The Labute approximate surface area is 131 Å². The van der Waals surface area contributed by atoms with E-state index in [0.29, 0.717) is 12.3 Å². The zero-order valence-corrected chi connectivity index (χ0v) is 13.3. The third kappa shape index (κ3) is 5.44. The monoisotopic (exact) mass is 311 g/mol. The Balaban J connectivity index is 1.59. The minimum atomic E-state index is -0.397. The van der Waals surface area contributed by atoms with Crippen molar-refractivity contribution in [1.82, 2.24) is 9.80 Å². The lowest BCUT2D eigenvalue weighted by Crippen LogP contribution is -2.47. The molecule has 22 heavy (non-hydrogen) atoms. The standard InChI is InChI=1S/C16H26FN3O2/c1-21-12-10-20-8-6-19(7-9-20)5-2-11-22-16-4-3-14(18)13-15(16)17/h3-4,13H,2,5-12,18H2,1H3. The third-order valence-corrected chi connectivity index (χ3v) is 3.91. The summed E-state index contributed by atoms with van der Waals surface area (Å²) in [5, 5.41) is 0. The van der Waals surface area contributed by atoms with Crippen LogP contribution in [0, 0.1) is 5.82 Å². The Morgan fingerprint density at radius 3 is 2.41 bits per heavy atom. The van der Waals surface area contributed by atoms with E-state index in [1.807, 2.05) is 0 Å². The molecule has 2 rings (SSSR count). The summed E-state index contributed by atoms with van der Waals surface area (Å²) >= 11 is 0. The quantitative estimate of drug-likeness (QED) is 0.581. The highest BCUT2D eigenvalue weighted by Crippen LogP contribution is 2.19. The molecule has 0 atom stereocenters. The van der Waals surface area contributed by atoms with Gasteiger partial charge in [-0.2, -0.15) is 0 Å². The smallest absolute Gasteiger partial charge is 0.167 e. The molecule has 0 amide bonds. The fourth-order valence-corrected chi connectivity index (χ4v) is 2.56. The molecule has 1 saturated heterocycles. The van der Waals surface area contributed by atoms with Gasteiger partial charge in [0.05, 0.1) is 13.2 Å². The molecule has 1 fully saturated rings. The number of rotatable bonds is 8. The maximum absolute atomic E-state index is 13.5. The van der Waals surface area contributed by atoms with Crippen LogP contribution in [0.25, 0.3) is 0 Å². The van der Waals surface area contributed by atoms with E-state index in [1.165, 1.54) is 6.07 Å². The predicted octanol–water partition coefficient (Wildman–Crippen LogP) is 1.44. The van der Waals surface area contributed by atoms with Crippen molar-refractivity contribution in [3.05, 3.63) is 24.0 Å². The fourth-order valence-electron chi connectivity index (χ4n) is 2.56. The highest BCUT2D eigenvalue weighted by Gasteiger charge is 2.15. The van der Waals surface area contributed by atoms with Gasteiger partial charge in [0.2, 0.25) is 0 Å². The molecular formula is C16H26FN3O2. The molecule has 1 heterocycles. The maximum atomic E-state index is 13.5. The molecule has 2 N–H and O–H groups in total. The summed E-state index contributed by atoms with van der Waals surface area (Å²) in [6, 6.07) is 4.52. The van der Waals surface area contributed by atoms with Gasteiger partial charge in [-0.25, -0.2) is 4.39 Å². The second-order valence-corrected chi connectivity index (χ2v) is 5.57. The van der Waals surface area contributed by atoms with Crippen LogP contribution in [0.5, 0.6) is 5.75 Å². The highest BCUT2D eigenvalue weighted by atomic mass is 19.1. The van der Waals surface area contributed by atoms with Gasteiger partial charge in [0.15, 0.2) is 11.6 Å². The molecule has 1 aliphatic rings. The molecule has 5 nitrogen and oxygen atoms in total. The average Bonchev–Trinajstić information content (AvgIpc) is 2.52. The van der Waals surface area contributed by atoms with Gasteiger partial charge in [-0.15, -0.1) is 0 Å². The number of ether oxygens (including phenoxy) is 2. The minimum absolute atomic E-state index is 0.276. The van der Waals surface area contributed by atoms with Crippen LogP contribution in [-0.2, 0) is 4.74 Å². The lowest BCUT2D eigenvalue weighted by Gasteiger charge is -2.34. The summed E-state index contributed by atoms with van der Waals surface area (Å²) in [5.41, 5.74) is 5.92. The topological polar surface area (TPSA) is 51.0 Å². The Morgan fingerprint density at radius 1 is 1.09 bits per heavy atom. The van der Waals surface area contributed by atoms with Crippen LogP contribution in [0.4, 0.5) is 10.1 Å². The third-order valence-electron chi connectivity index (χ3n) is 3.91. The first-order valence-electron chi connectivity index (χ1n) is 7.80. The van der Waals surface area contributed by atoms with E-state index in [-0.39, 0.29) is 5.75 Å². The molecule has 0 aromatic heterocycles. The molecule has 6 heteroatoms. The Morgan fingerprint density at radius 2 is 1.77 bits per heavy atom. The first kappa shape index (κ1) is 17.0. The van der Waals surface area contributed by atoms with Gasteiger partial charge in [-0.3, -0.25) is 4.90 Å². The van der Waals surface area contributed by atoms with Crippen molar-refractivity contribution < 1.29 is 13.9 Å². The Bertz CT molecular complexity index is 451. The Hall–Kier alpha value is -1.37. The fraction of sp³-hybridized carbons (Fsp3) is 0.625. The first-order valence-corrected chi connectivity index (χ1v) is 7.80. The zero-order chi connectivity index (χ0) is 15.8. The predicted molar refractivity (Wildman–Crippen MR) is 85.7 cm³/mol. The van der Waals surface area contributed by atoms with Crippen molar-refractivity contribution in [1.29, 1.82) is 0 Å². The molecule has 0 unspecified atom stereocenters. The summed E-state index contributed by atoms with van der Waals surface area (Å²) in [7, 11) is 1.74. The second-order valence-electron chi connectivity index (χ2n) is 5.57. The van der Waals surface area contributed by atoms with Crippen LogP contribution in [0.15, 0.2) is 18.2 Å². The number of nitrogen functional groups attached to an aromatic ring is 1. The van der Waals surface area contributed by atoms with Crippen LogP contribution in [0.2, 0.25) is 0 Å². The molecule has 0 radical (unpaired) electrons. The van der Waals surface area contributed by atoms with Crippen molar-refractivity contribution in [2.45, 2.75) is 6.42 Å². The van der Waals surface area contributed by atoms with Gasteiger partial charge in [0.1, 0.15) is 0 Å². The van der Waals surface area contributed by atoms with E-state index in [1.54, 1.807) is 19.2 Å². The number of benzene rings is 1. The van der Waals surface area contributed by atoms with Crippen molar-refractivity contribution >= 4 is 5.69 Å². The summed E-state index contributed by atoms with van der Waals surface area (Å²) in [5.74, 6) is -0.120. The van der Waals surface area contributed by atoms with Crippen LogP contribution < -0.4 is 10.5 Å². The molecule has 0 saturated carbocycles. The summed E-state index contributed by atoms with van der Waals surface area (Å²) in [6.45, 7) is 7.60. The van der Waals surface area contributed by atoms with E-state index >= 15 is 0 Å². The SMILES string of the molecule is COCCN1CCN(CCCOc2ccc(N)cc2F)CC1. The van der Waals surface area contributed by atoms with E-state index in [9.17, 15) is 4.39 Å². The molecule has 0 aliphatic carbocycles. The molecule has 1 aliphatic heterocycles. The van der Waals surface area contributed by atoms with E-state index in [2.05, 4.69) is 9.80 Å². The number of nitrogens with two attached hydrogens (primary N) is 1. The number of methoxy groups -OCH3 is 1. The van der Waals surface area contributed by atoms with Gasteiger partial charge >= 0.3 is 0 Å². The first-order chi connectivity index (χ1) is 10.7. The van der Waals surface area contributed by atoms with Crippen molar-refractivity contribution in [2.75, 3.05) is 65.3 Å². The van der Waals surface area contributed by atoms with E-state index in [4.69, 9.17) is 15.2 Å². The van der Waals surface area contributed by atoms with Crippen LogP contribution in [0.1, 0.15) is 6.42 Å². The number of piperazine rings is 1. The second kappa shape index (κ2) is 8.92. The Kier molecular flexibility index (Phi) is 6.89. The van der Waals surface area contributed by atoms with Crippen molar-refractivity contribution in [3.8, 4) is 5.75 Å². The molecular weight excluding hydrogens is 285 g/mol. The number of anilines is 1. The molecule has 0 spiro atoms. The number of hydrogen-bond acceptors (Lipinski definition) is 5. The van der Waals surface area contributed by atoms with Gasteiger partial charge in [0, 0.05) is 58.1 Å². The number of nitrogens with zero attached hydrogens (tertiary/aromatic N) is 2. The van der Waals surface area contributed by atoms with E-state index in [0.717, 1.165) is 52.3 Å². The summed E-state index contributed by atoms with van der Waals surface area (Å²) in [6.07, 6.45) is 0.891. The average molecular weight is 311 g/mol. The largest absolute Gasteiger partial charge is 0.490 e. The molecule has 1 aromatic rings.